The van der Waals surface area contributed by atoms with E-state index in [4.69, 9.17) is 11.6 Å². The van der Waals surface area contributed by atoms with Crippen LogP contribution in [0.4, 0.5) is 33.5 Å². The lowest BCUT2D eigenvalue weighted by Crippen LogP contribution is -2.12. The summed E-state index contributed by atoms with van der Waals surface area (Å²) in [5, 5.41) is 1.87. The van der Waals surface area contributed by atoms with Crippen molar-refractivity contribution in [1.82, 2.24) is 9.97 Å². The number of aromatic nitrogens is 2. The van der Waals surface area contributed by atoms with E-state index in [1.807, 2.05) is 0 Å². The smallest absolute Gasteiger partial charge is 0.340 e. The van der Waals surface area contributed by atoms with E-state index in [0.717, 1.165) is 18.2 Å². The third-order valence-corrected chi connectivity index (χ3v) is 3.16. The molecule has 2 rings (SSSR count). The highest BCUT2D eigenvalue weighted by atomic mass is 79.9. The lowest BCUT2D eigenvalue weighted by Gasteiger charge is -2.10. The first-order chi connectivity index (χ1) is 9.66. The van der Waals surface area contributed by atoms with Crippen molar-refractivity contribution in [2.45, 2.75) is 6.18 Å². The van der Waals surface area contributed by atoms with Crippen LogP contribution in [-0.2, 0) is 6.18 Å². The zero-order chi connectivity index (χ0) is 15.8. The number of anilines is 2. The van der Waals surface area contributed by atoms with Crippen molar-refractivity contribution >= 4 is 39.0 Å². The molecule has 0 radical (unpaired) electrons. The maximum absolute atomic E-state index is 13.3. The molecule has 1 aromatic carbocycles. The van der Waals surface area contributed by atoms with Crippen molar-refractivity contribution in [2.75, 3.05) is 5.32 Å². The predicted molar refractivity (Wildman–Crippen MR) is 69.4 cm³/mol. The second-order valence-corrected chi connectivity index (χ2v) is 4.96. The lowest BCUT2D eigenvalue weighted by molar-refractivity contribution is -0.144. The predicted octanol–water partition coefficient (Wildman–Crippen LogP) is 4.93. The first kappa shape index (κ1) is 15.9. The van der Waals surface area contributed by atoms with Crippen LogP contribution in [0.2, 0.25) is 5.15 Å². The number of hydrogen-bond donors (Lipinski definition) is 1. The van der Waals surface area contributed by atoms with Gasteiger partial charge in [-0.25, -0.2) is 18.7 Å². The molecule has 3 nitrogen and oxygen atoms in total. The van der Waals surface area contributed by atoms with Gasteiger partial charge >= 0.3 is 6.18 Å². The first-order valence-corrected chi connectivity index (χ1v) is 6.37. The van der Waals surface area contributed by atoms with Crippen molar-refractivity contribution in [1.29, 1.82) is 0 Å². The van der Waals surface area contributed by atoms with Crippen LogP contribution >= 0.6 is 27.5 Å². The Morgan fingerprint density at radius 3 is 2.14 bits per heavy atom. The Balaban J connectivity index is 2.38. The van der Waals surface area contributed by atoms with E-state index in [9.17, 15) is 22.0 Å². The van der Waals surface area contributed by atoms with E-state index in [2.05, 4.69) is 31.2 Å². The van der Waals surface area contributed by atoms with Crippen molar-refractivity contribution in [3.63, 3.8) is 0 Å². The van der Waals surface area contributed by atoms with Gasteiger partial charge in [-0.15, -0.1) is 0 Å². The minimum atomic E-state index is -4.79. The molecule has 0 fully saturated rings. The quantitative estimate of drug-likeness (QED) is 0.450. The van der Waals surface area contributed by atoms with Crippen molar-refractivity contribution in [3.05, 3.63) is 45.3 Å². The van der Waals surface area contributed by atoms with Crippen LogP contribution in [-0.4, -0.2) is 9.97 Å². The van der Waals surface area contributed by atoms with E-state index in [-0.39, 0.29) is 16.0 Å². The molecule has 1 N–H and O–H groups in total. The van der Waals surface area contributed by atoms with Gasteiger partial charge < -0.3 is 5.32 Å². The summed E-state index contributed by atoms with van der Waals surface area (Å²) in [6.07, 6.45) is -4.79. The van der Waals surface area contributed by atoms with Gasteiger partial charge in [-0.05, 0) is 28.1 Å². The molecule has 10 heteroatoms. The third-order valence-electron chi connectivity index (χ3n) is 2.20. The van der Waals surface area contributed by atoms with Crippen LogP contribution in [0.15, 0.2) is 22.7 Å². The van der Waals surface area contributed by atoms with Crippen molar-refractivity contribution in [3.8, 4) is 0 Å². The fourth-order valence-corrected chi connectivity index (χ4v) is 1.80. The zero-order valence-electron chi connectivity index (χ0n) is 9.77. The van der Waals surface area contributed by atoms with Gasteiger partial charge in [-0.3, -0.25) is 0 Å². The van der Waals surface area contributed by atoms with E-state index in [0.29, 0.717) is 0 Å². The van der Waals surface area contributed by atoms with Gasteiger partial charge in [0.1, 0.15) is 22.6 Å². The molecular formula is C11H4BrClF5N3. The molecular weight excluding hydrogens is 384 g/mol. The first-order valence-electron chi connectivity index (χ1n) is 5.20. The number of nitrogens with one attached hydrogen (secondary N) is 1. The Labute approximate surface area is 128 Å². The monoisotopic (exact) mass is 387 g/mol. The zero-order valence-corrected chi connectivity index (χ0v) is 12.1. The standard InChI is InChI=1S/C11H4BrClF5N3/c12-9-5(14)1-4(2-6(9)15)19-8-3-7(13)20-10(21-8)11(16,17)18/h1-3H,(H,19,20,21). The summed E-state index contributed by atoms with van der Waals surface area (Å²) in [5.41, 5.74) is -0.129. The Morgan fingerprint density at radius 2 is 1.62 bits per heavy atom. The molecule has 21 heavy (non-hydrogen) atoms. The molecule has 1 heterocycles. The van der Waals surface area contributed by atoms with Gasteiger partial charge in [-0.1, -0.05) is 11.6 Å². The normalized spacial score (nSPS) is 11.6. The average molecular weight is 389 g/mol. The van der Waals surface area contributed by atoms with Crippen LogP contribution in [0.3, 0.4) is 0 Å². The van der Waals surface area contributed by atoms with Crippen molar-refractivity contribution in [2.24, 2.45) is 0 Å². The van der Waals surface area contributed by atoms with Crippen molar-refractivity contribution < 1.29 is 22.0 Å². The summed E-state index contributed by atoms with van der Waals surface area (Å²) in [7, 11) is 0. The van der Waals surface area contributed by atoms with Gasteiger partial charge in [-0.2, -0.15) is 13.2 Å². The Kier molecular flexibility index (Phi) is 4.33. The van der Waals surface area contributed by atoms with Crippen LogP contribution in [0.1, 0.15) is 5.82 Å². The van der Waals surface area contributed by atoms with Gasteiger partial charge in [0.05, 0.1) is 4.47 Å². The molecule has 0 saturated heterocycles. The molecule has 0 aliphatic carbocycles. The minimum absolute atomic E-state index is 0.129. The van der Waals surface area contributed by atoms with Crippen LogP contribution in [0, 0.1) is 11.6 Å². The van der Waals surface area contributed by atoms with Gasteiger partial charge in [0.25, 0.3) is 0 Å². The van der Waals surface area contributed by atoms with Crippen LogP contribution < -0.4 is 5.32 Å². The molecule has 0 aliphatic heterocycles. The summed E-state index contributed by atoms with van der Waals surface area (Å²) >= 11 is 8.14. The summed E-state index contributed by atoms with van der Waals surface area (Å²) in [5.74, 6) is -3.65. The summed E-state index contributed by atoms with van der Waals surface area (Å²) in [6.45, 7) is 0. The molecule has 0 saturated carbocycles. The molecule has 0 atom stereocenters. The minimum Gasteiger partial charge on any atom is -0.340 e. The van der Waals surface area contributed by atoms with Gasteiger partial charge in [0.15, 0.2) is 0 Å². The topological polar surface area (TPSA) is 37.8 Å². The van der Waals surface area contributed by atoms with Gasteiger partial charge in [0.2, 0.25) is 5.82 Å². The Morgan fingerprint density at radius 1 is 1.05 bits per heavy atom. The van der Waals surface area contributed by atoms with Crippen LogP contribution in [0.25, 0.3) is 0 Å². The number of benzene rings is 1. The lowest BCUT2D eigenvalue weighted by atomic mass is 10.3. The highest BCUT2D eigenvalue weighted by Crippen LogP contribution is 2.30. The highest BCUT2D eigenvalue weighted by molar-refractivity contribution is 9.10. The van der Waals surface area contributed by atoms with E-state index in [1.165, 1.54) is 0 Å². The van der Waals surface area contributed by atoms with Crippen LogP contribution in [0.5, 0.6) is 0 Å². The summed E-state index contributed by atoms with van der Waals surface area (Å²) < 4.78 is 63.9. The number of halogens is 7. The summed E-state index contributed by atoms with van der Waals surface area (Å²) in [4.78, 5) is 6.22. The fraction of sp³-hybridized carbons (Fsp3) is 0.0909. The largest absolute Gasteiger partial charge is 0.451 e. The van der Waals surface area contributed by atoms with E-state index in [1.54, 1.807) is 0 Å². The fourth-order valence-electron chi connectivity index (χ4n) is 1.38. The molecule has 1 aromatic heterocycles. The van der Waals surface area contributed by atoms with E-state index >= 15 is 0 Å². The molecule has 112 valence electrons. The molecule has 0 bridgehead atoms. The Bertz CT molecular complexity index is 669. The maximum Gasteiger partial charge on any atom is 0.451 e. The highest BCUT2D eigenvalue weighted by Gasteiger charge is 2.35. The Hall–Kier alpha value is -1.48. The van der Waals surface area contributed by atoms with E-state index < -0.39 is 28.8 Å². The molecule has 0 aliphatic rings. The molecule has 0 amide bonds. The third kappa shape index (κ3) is 3.79. The number of nitrogens with zero attached hydrogens (tertiary/aromatic N) is 2. The molecule has 0 unspecified atom stereocenters. The average Bonchev–Trinajstić information content (AvgIpc) is 2.34. The number of alkyl halides is 3. The van der Waals surface area contributed by atoms with Gasteiger partial charge in [0, 0.05) is 11.8 Å². The molecule has 0 spiro atoms. The maximum atomic E-state index is 13.3. The summed E-state index contributed by atoms with van der Waals surface area (Å²) in [6, 6.07) is 2.77. The number of rotatable bonds is 2. The second kappa shape index (κ2) is 5.72. The second-order valence-electron chi connectivity index (χ2n) is 3.78. The number of hydrogen-bond acceptors (Lipinski definition) is 3. The molecule has 2 aromatic rings. The SMILES string of the molecule is Fc1cc(Nc2cc(Cl)nc(C(F)(F)F)n2)cc(F)c1Br.